The molecule has 4 amide bonds. The van der Waals surface area contributed by atoms with Crippen LogP contribution in [-0.2, 0) is 33.3 Å². The van der Waals surface area contributed by atoms with E-state index in [-0.39, 0.29) is 44.8 Å². The van der Waals surface area contributed by atoms with Crippen molar-refractivity contribution in [2.75, 3.05) is 97.9 Å². The minimum atomic E-state index is -0.619. The minimum Gasteiger partial charge on any atom is -0.385 e. The van der Waals surface area contributed by atoms with Gasteiger partial charge in [-0.15, -0.1) is 0 Å². The van der Waals surface area contributed by atoms with Gasteiger partial charge in [-0.1, -0.05) is 20.3 Å². The summed E-state index contributed by atoms with van der Waals surface area (Å²) >= 11 is 0. The number of rotatable bonds is 25. The van der Waals surface area contributed by atoms with E-state index >= 15 is 0 Å². The van der Waals surface area contributed by atoms with Crippen molar-refractivity contribution >= 4 is 29.3 Å². The number of ether oxygens (including phenoxy) is 4. The second kappa shape index (κ2) is 28.8. The van der Waals surface area contributed by atoms with Crippen LogP contribution in [0.25, 0.3) is 0 Å². The molecule has 0 heterocycles. The van der Waals surface area contributed by atoms with Crippen LogP contribution in [0.15, 0.2) is 24.3 Å². The molecule has 0 saturated carbocycles. The van der Waals surface area contributed by atoms with Crippen LogP contribution in [0.5, 0.6) is 0 Å². The Morgan fingerprint density at radius 3 is 1.81 bits per heavy atom. The lowest BCUT2D eigenvalue weighted by Gasteiger charge is -2.08. The third kappa shape index (κ3) is 26.1. The fourth-order valence-electron chi connectivity index (χ4n) is 2.98. The van der Waals surface area contributed by atoms with Crippen molar-refractivity contribution in [3.05, 3.63) is 29.8 Å². The maximum atomic E-state index is 11.7. The van der Waals surface area contributed by atoms with Crippen LogP contribution in [0.3, 0.4) is 0 Å². The molecule has 7 N–H and O–H groups in total. The predicted octanol–water partition coefficient (Wildman–Crippen LogP) is 0.0283. The number of carbonyl (C=O) groups excluding carboxylic acids is 4. The number of hydrogen-bond donors (Lipinski definition) is 6. The molecule has 1 rings (SSSR count). The molecule has 246 valence electrons. The molecule has 0 spiro atoms. The zero-order chi connectivity index (χ0) is 32.0. The summed E-state index contributed by atoms with van der Waals surface area (Å²) in [6.45, 7) is 8.86. The summed E-state index contributed by atoms with van der Waals surface area (Å²) in [5, 5.41) is 14.1. The third-order valence-electron chi connectivity index (χ3n) is 5.28. The lowest BCUT2D eigenvalue weighted by atomic mass is 10.2. The van der Waals surface area contributed by atoms with E-state index in [0.29, 0.717) is 33.0 Å². The molecule has 1 aromatic rings. The summed E-state index contributed by atoms with van der Waals surface area (Å²) in [5.41, 5.74) is 6.67. The number of hydrogen-bond acceptors (Lipinski definition) is 10. The maximum Gasteiger partial charge on any atom is 0.251 e. The highest BCUT2D eigenvalue weighted by atomic mass is 16.5. The standard InChI is InChI=1S/C15H30N4O7.C14H22N2O/c1-17-2-4-23-6-8-25-11-14(21)18-3-5-24-7-9-26-12-15(22)19-10-13(16)20;1-3-5-11-16-14(17)12-6-8-13(9-7-12)15-10-4-2/h17H,2-12H2,1H3,(H2,16,20)(H,18,21)(H,19,22);6-9,15H,3-5,10-11H2,1-2H3,(H,16,17). The summed E-state index contributed by atoms with van der Waals surface area (Å²) < 4.78 is 20.7. The molecule has 0 bridgehead atoms. The van der Waals surface area contributed by atoms with E-state index in [2.05, 4.69) is 40.4 Å². The molecule has 0 aliphatic heterocycles. The minimum absolute atomic E-state index is 0.0143. The van der Waals surface area contributed by atoms with Gasteiger partial charge >= 0.3 is 0 Å². The van der Waals surface area contributed by atoms with Crippen molar-refractivity contribution in [2.24, 2.45) is 5.73 Å². The second-order valence-electron chi connectivity index (χ2n) is 9.14. The molecule has 43 heavy (non-hydrogen) atoms. The zero-order valence-electron chi connectivity index (χ0n) is 26.0. The number of unbranched alkanes of at least 4 members (excludes halogenated alkanes) is 1. The molecule has 14 nitrogen and oxygen atoms in total. The number of amides is 4. The van der Waals surface area contributed by atoms with Crippen LogP contribution in [0.4, 0.5) is 5.69 Å². The van der Waals surface area contributed by atoms with Gasteiger partial charge in [-0.05, 0) is 44.2 Å². The summed E-state index contributed by atoms with van der Waals surface area (Å²) in [4.78, 5) is 44.8. The molecular weight excluding hydrogens is 560 g/mol. The number of nitrogens with one attached hydrogen (secondary N) is 5. The lowest BCUT2D eigenvalue weighted by molar-refractivity contribution is -0.128. The predicted molar refractivity (Wildman–Crippen MR) is 165 cm³/mol. The first-order valence-corrected chi connectivity index (χ1v) is 14.7. The van der Waals surface area contributed by atoms with Gasteiger partial charge in [0.2, 0.25) is 17.7 Å². The summed E-state index contributed by atoms with van der Waals surface area (Å²) in [7, 11) is 1.84. The van der Waals surface area contributed by atoms with Gasteiger partial charge in [0.25, 0.3) is 5.91 Å². The number of likely N-dealkylation sites (N-methyl/N-ethyl adjacent to an activating group) is 1. The Hall–Kier alpha value is -3.30. The fourth-order valence-corrected chi connectivity index (χ4v) is 2.98. The van der Waals surface area contributed by atoms with Crippen molar-refractivity contribution in [3.8, 4) is 0 Å². The van der Waals surface area contributed by atoms with Gasteiger partial charge in [0.1, 0.15) is 13.2 Å². The van der Waals surface area contributed by atoms with Crippen molar-refractivity contribution in [1.82, 2.24) is 21.3 Å². The van der Waals surface area contributed by atoms with Crippen molar-refractivity contribution in [1.29, 1.82) is 0 Å². The molecule has 0 radical (unpaired) electrons. The molecule has 14 heteroatoms. The second-order valence-corrected chi connectivity index (χ2v) is 9.14. The average molecular weight is 613 g/mol. The van der Waals surface area contributed by atoms with Gasteiger partial charge < -0.3 is 51.3 Å². The summed E-state index contributed by atoms with van der Waals surface area (Å²) in [6.07, 6.45) is 3.22. The van der Waals surface area contributed by atoms with E-state index in [1.165, 1.54) is 0 Å². The summed E-state index contributed by atoms with van der Waals surface area (Å²) in [6, 6.07) is 7.62. The SMILES string of the molecule is CCCCNC(=O)c1ccc(NCCC)cc1.CNCCOCCOCC(=O)NCCOCCOCC(=O)NCC(N)=O. The van der Waals surface area contributed by atoms with Gasteiger partial charge in [-0.2, -0.15) is 0 Å². The van der Waals surface area contributed by atoms with Crippen LogP contribution in [-0.4, -0.2) is 116 Å². The van der Waals surface area contributed by atoms with Gasteiger partial charge in [-0.3, -0.25) is 19.2 Å². The number of anilines is 1. The molecule has 0 saturated heterocycles. The number of carbonyl (C=O) groups is 4. The monoisotopic (exact) mass is 612 g/mol. The first kappa shape index (κ1) is 39.7. The zero-order valence-corrected chi connectivity index (χ0v) is 26.0. The van der Waals surface area contributed by atoms with Gasteiger partial charge in [-0.25, -0.2) is 0 Å². The van der Waals surface area contributed by atoms with E-state index in [1.807, 2.05) is 31.3 Å². The Morgan fingerprint density at radius 2 is 1.26 bits per heavy atom. The molecule has 0 aliphatic rings. The Labute approximate surface area is 255 Å². The number of primary amides is 1. The normalized spacial score (nSPS) is 10.3. The van der Waals surface area contributed by atoms with E-state index in [1.54, 1.807) is 0 Å². The Balaban J connectivity index is 0.000000892. The Morgan fingerprint density at radius 1 is 0.674 bits per heavy atom. The van der Waals surface area contributed by atoms with Crippen LogP contribution in [0.2, 0.25) is 0 Å². The quantitative estimate of drug-likeness (QED) is 0.0821. The van der Waals surface area contributed by atoms with Crippen molar-refractivity contribution < 1.29 is 38.1 Å². The molecule has 0 unspecified atom stereocenters. The first-order chi connectivity index (χ1) is 20.8. The van der Waals surface area contributed by atoms with Gasteiger partial charge in [0, 0.05) is 37.4 Å². The Bertz CT molecular complexity index is 873. The van der Waals surface area contributed by atoms with Crippen LogP contribution in [0.1, 0.15) is 43.5 Å². The molecule has 0 fully saturated rings. The van der Waals surface area contributed by atoms with Gasteiger partial charge in [0.15, 0.2) is 0 Å². The van der Waals surface area contributed by atoms with E-state index in [9.17, 15) is 19.2 Å². The largest absolute Gasteiger partial charge is 0.385 e. The molecule has 0 atom stereocenters. The highest BCUT2D eigenvalue weighted by molar-refractivity contribution is 5.94. The molecule has 0 aliphatic carbocycles. The van der Waals surface area contributed by atoms with Crippen molar-refractivity contribution in [2.45, 2.75) is 33.1 Å². The molecular formula is C29H52N6O8. The smallest absolute Gasteiger partial charge is 0.251 e. The van der Waals surface area contributed by atoms with Crippen LogP contribution in [0, 0.1) is 0 Å². The highest BCUT2D eigenvalue weighted by Gasteiger charge is 2.05. The van der Waals surface area contributed by atoms with E-state index in [4.69, 9.17) is 24.7 Å². The van der Waals surface area contributed by atoms with E-state index in [0.717, 1.165) is 50.1 Å². The third-order valence-corrected chi connectivity index (χ3v) is 5.28. The van der Waals surface area contributed by atoms with Crippen LogP contribution >= 0.6 is 0 Å². The summed E-state index contributed by atoms with van der Waals surface area (Å²) in [5.74, 6) is -1.26. The number of benzene rings is 1. The maximum absolute atomic E-state index is 11.7. The topological polar surface area (TPSA) is 191 Å². The van der Waals surface area contributed by atoms with Crippen LogP contribution < -0.4 is 32.3 Å². The lowest BCUT2D eigenvalue weighted by Crippen LogP contribution is -2.35. The highest BCUT2D eigenvalue weighted by Crippen LogP contribution is 2.09. The van der Waals surface area contributed by atoms with Gasteiger partial charge in [0.05, 0.1) is 46.2 Å². The van der Waals surface area contributed by atoms with Crippen molar-refractivity contribution in [3.63, 3.8) is 0 Å². The molecule has 0 aromatic heterocycles. The number of nitrogens with two attached hydrogens (primary N) is 1. The average Bonchev–Trinajstić information content (AvgIpc) is 3.00. The Kier molecular flexibility index (Phi) is 26.6. The van der Waals surface area contributed by atoms with E-state index < -0.39 is 11.8 Å². The first-order valence-electron chi connectivity index (χ1n) is 14.7. The molecule has 1 aromatic carbocycles. The fraction of sp³-hybridized carbons (Fsp3) is 0.655.